The molecule has 3 rings (SSSR count). The highest BCUT2D eigenvalue weighted by molar-refractivity contribution is 6.32. The maximum Gasteiger partial charge on any atom is 0.274 e. The van der Waals surface area contributed by atoms with E-state index in [4.69, 9.17) is 11.6 Å². The first kappa shape index (κ1) is 17.9. The molecule has 0 saturated heterocycles. The van der Waals surface area contributed by atoms with E-state index in [2.05, 4.69) is 20.5 Å². The molecule has 0 radical (unpaired) electrons. The number of carbonyl (C=O) groups excluding carboxylic acids is 1. The van der Waals surface area contributed by atoms with Crippen molar-refractivity contribution in [3.63, 3.8) is 0 Å². The van der Waals surface area contributed by atoms with Crippen LogP contribution in [-0.2, 0) is 5.41 Å². The third kappa shape index (κ3) is 3.67. The second kappa shape index (κ2) is 6.76. The lowest BCUT2D eigenvalue weighted by Crippen LogP contribution is -2.16. The lowest BCUT2D eigenvalue weighted by Gasteiger charge is -2.21. The summed E-state index contributed by atoms with van der Waals surface area (Å²) in [5.74, 6) is -0.131. The number of nitrogens with one attached hydrogen (secondary N) is 1. The Morgan fingerprint density at radius 2 is 1.88 bits per heavy atom. The van der Waals surface area contributed by atoms with Crippen molar-refractivity contribution in [3.8, 4) is 11.6 Å². The van der Waals surface area contributed by atoms with Crippen LogP contribution in [0.25, 0.3) is 5.82 Å². The molecule has 0 aliphatic heterocycles. The van der Waals surface area contributed by atoms with Gasteiger partial charge in [0.15, 0.2) is 5.75 Å². The molecule has 0 aliphatic carbocycles. The van der Waals surface area contributed by atoms with Crippen LogP contribution in [0, 0.1) is 0 Å². The molecule has 7 nitrogen and oxygen atoms in total. The van der Waals surface area contributed by atoms with Crippen LogP contribution >= 0.6 is 11.6 Å². The van der Waals surface area contributed by atoms with Gasteiger partial charge < -0.3 is 10.4 Å². The monoisotopic (exact) mass is 371 g/mol. The predicted molar refractivity (Wildman–Crippen MR) is 98.9 cm³/mol. The van der Waals surface area contributed by atoms with E-state index in [1.807, 2.05) is 20.8 Å². The Balaban J connectivity index is 1.91. The number of phenols is 1. The van der Waals surface area contributed by atoms with Gasteiger partial charge >= 0.3 is 0 Å². The fourth-order valence-corrected chi connectivity index (χ4v) is 2.55. The van der Waals surface area contributed by atoms with Gasteiger partial charge in [0.1, 0.15) is 24.2 Å². The summed E-state index contributed by atoms with van der Waals surface area (Å²) < 4.78 is 1.59. The molecule has 0 spiro atoms. The highest BCUT2D eigenvalue weighted by Crippen LogP contribution is 2.37. The smallest absolute Gasteiger partial charge is 0.274 e. The van der Waals surface area contributed by atoms with E-state index in [-0.39, 0.29) is 27.6 Å². The van der Waals surface area contributed by atoms with Crippen LogP contribution in [0.3, 0.4) is 0 Å². The van der Waals surface area contributed by atoms with Crippen LogP contribution in [0.2, 0.25) is 5.02 Å². The largest absolute Gasteiger partial charge is 0.504 e. The van der Waals surface area contributed by atoms with E-state index < -0.39 is 5.91 Å². The normalized spacial score (nSPS) is 11.4. The Morgan fingerprint density at radius 3 is 2.54 bits per heavy atom. The van der Waals surface area contributed by atoms with Gasteiger partial charge in [-0.3, -0.25) is 9.36 Å². The molecule has 0 saturated carbocycles. The summed E-state index contributed by atoms with van der Waals surface area (Å²) >= 11 is 6.11. The molecule has 8 heteroatoms. The van der Waals surface area contributed by atoms with Crippen molar-refractivity contribution in [1.82, 2.24) is 19.7 Å². The number of anilines is 1. The number of rotatable bonds is 3. The molecule has 2 aromatic heterocycles. The fourth-order valence-electron chi connectivity index (χ4n) is 2.33. The van der Waals surface area contributed by atoms with E-state index in [0.29, 0.717) is 5.82 Å². The van der Waals surface area contributed by atoms with Crippen LogP contribution in [0.15, 0.2) is 43.0 Å². The number of aromatic nitrogens is 4. The Morgan fingerprint density at radius 1 is 1.19 bits per heavy atom. The standard InChI is InChI=1S/C18H18ClN5O2/c1-18(2,3)11-7-12(19)16(25)14(8-11)23-17(26)13-5-4-6-15(22-13)24-9-20-21-10-24/h4-10,25H,1-3H3,(H,23,26). The average molecular weight is 372 g/mol. The molecule has 2 N–H and O–H groups in total. The molecule has 2 heterocycles. The highest BCUT2D eigenvalue weighted by Gasteiger charge is 2.20. The molecule has 1 aromatic carbocycles. The molecule has 0 bridgehead atoms. The lowest BCUT2D eigenvalue weighted by molar-refractivity contribution is 0.102. The van der Waals surface area contributed by atoms with Crippen LogP contribution < -0.4 is 5.32 Å². The van der Waals surface area contributed by atoms with Gasteiger partial charge in [0.25, 0.3) is 5.91 Å². The summed E-state index contributed by atoms with van der Waals surface area (Å²) in [6.07, 6.45) is 2.98. The van der Waals surface area contributed by atoms with Crippen molar-refractivity contribution in [3.05, 3.63) is 59.3 Å². The van der Waals surface area contributed by atoms with Gasteiger partial charge in [-0.2, -0.15) is 0 Å². The first-order chi connectivity index (χ1) is 12.3. The van der Waals surface area contributed by atoms with E-state index in [0.717, 1.165) is 5.56 Å². The molecule has 3 aromatic rings. The van der Waals surface area contributed by atoms with Gasteiger partial charge in [0.05, 0.1) is 10.7 Å². The zero-order valence-corrected chi connectivity index (χ0v) is 15.3. The maximum atomic E-state index is 12.6. The van der Waals surface area contributed by atoms with Crippen molar-refractivity contribution in [1.29, 1.82) is 0 Å². The molecule has 0 aliphatic rings. The van der Waals surface area contributed by atoms with Gasteiger partial charge in [0, 0.05) is 0 Å². The SMILES string of the molecule is CC(C)(C)c1cc(Cl)c(O)c(NC(=O)c2cccc(-n3cnnc3)n2)c1. The number of aromatic hydroxyl groups is 1. The molecular weight excluding hydrogens is 354 g/mol. The van der Waals surface area contributed by atoms with Crippen molar-refractivity contribution in [2.75, 3.05) is 5.32 Å². The minimum Gasteiger partial charge on any atom is -0.504 e. The summed E-state index contributed by atoms with van der Waals surface area (Å²) in [6, 6.07) is 8.42. The van der Waals surface area contributed by atoms with Crippen molar-refractivity contribution < 1.29 is 9.90 Å². The first-order valence-corrected chi connectivity index (χ1v) is 8.30. The quantitative estimate of drug-likeness (QED) is 0.686. The summed E-state index contributed by atoms with van der Waals surface area (Å²) in [7, 11) is 0. The van der Waals surface area contributed by atoms with E-state index in [9.17, 15) is 9.90 Å². The topological polar surface area (TPSA) is 92.9 Å². The summed E-state index contributed by atoms with van der Waals surface area (Å²) in [5, 5.41) is 20.5. The molecule has 26 heavy (non-hydrogen) atoms. The molecule has 134 valence electrons. The third-order valence-electron chi connectivity index (χ3n) is 3.83. The number of halogens is 1. The zero-order chi connectivity index (χ0) is 18.9. The minimum atomic E-state index is -0.461. The summed E-state index contributed by atoms with van der Waals surface area (Å²) in [5.41, 5.74) is 1.13. The van der Waals surface area contributed by atoms with Crippen LogP contribution in [-0.4, -0.2) is 30.8 Å². The van der Waals surface area contributed by atoms with Gasteiger partial charge in [-0.15, -0.1) is 10.2 Å². The highest BCUT2D eigenvalue weighted by atomic mass is 35.5. The van der Waals surface area contributed by atoms with Gasteiger partial charge in [-0.25, -0.2) is 4.98 Å². The van der Waals surface area contributed by atoms with Crippen LogP contribution in [0.1, 0.15) is 36.8 Å². The zero-order valence-electron chi connectivity index (χ0n) is 14.6. The second-order valence-corrected chi connectivity index (χ2v) is 7.22. The lowest BCUT2D eigenvalue weighted by atomic mass is 9.86. The number of hydrogen-bond acceptors (Lipinski definition) is 5. The van der Waals surface area contributed by atoms with Crippen molar-refractivity contribution >= 4 is 23.2 Å². The summed E-state index contributed by atoms with van der Waals surface area (Å²) in [6.45, 7) is 6.06. The fraction of sp³-hybridized carbons (Fsp3) is 0.222. The van der Waals surface area contributed by atoms with Crippen molar-refractivity contribution in [2.24, 2.45) is 0 Å². The Kier molecular flexibility index (Phi) is 4.65. The third-order valence-corrected chi connectivity index (χ3v) is 4.12. The van der Waals surface area contributed by atoms with Crippen molar-refractivity contribution in [2.45, 2.75) is 26.2 Å². The molecule has 1 amide bonds. The minimum absolute atomic E-state index is 0.178. The average Bonchev–Trinajstić information content (AvgIpc) is 3.12. The van der Waals surface area contributed by atoms with Gasteiger partial charge in [0.2, 0.25) is 0 Å². The molecule has 0 atom stereocenters. The van der Waals surface area contributed by atoms with Crippen LogP contribution in [0.4, 0.5) is 5.69 Å². The Hall–Kier alpha value is -2.93. The van der Waals surface area contributed by atoms with E-state index >= 15 is 0 Å². The summed E-state index contributed by atoms with van der Waals surface area (Å²) in [4.78, 5) is 16.9. The molecule has 0 fully saturated rings. The van der Waals surface area contributed by atoms with E-state index in [1.165, 1.54) is 12.7 Å². The second-order valence-electron chi connectivity index (χ2n) is 6.81. The first-order valence-electron chi connectivity index (χ1n) is 7.92. The number of hydrogen-bond donors (Lipinski definition) is 2. The molecular formula is C18H18ClN5O2. The van der Waals surface area contributed by atoms with Gasteiger partial charge in [-0.1, -0.05) is 38.4 Å². The maximum absolute atomic E-state index is 12.6. The molecule has 0 unspecified atom stereocenters. The van der Waals surface area contributed by atoms with E-state index in [1.54, 1.807) is 34.9 Å². The number of pyridine rings is 1. The number of phenolic OH excluding ortho intramolecular Hbond substituents is 1. The number of amides is 1. The predicted octanol–water partition coefficient (Wildman–Crippen LogP) is 3.57. The number of nitrogens with zero attached hydrogens (tertiary/aromatic N) is 4. The van der Waals surface area contributed by atoms with Gasteiger partial charge in [-0.05, 0) is 35.2 Å². The Bertz CT molecular complexity index is 949. The number of benzene rings is 1. The Labute approximate surface area is 155 Å². The number of carbonyl (C=O) groups is 1. The van der Waals surface area contributed by atoms with Crippen LogP contribution in [0.5, 0.6) is 5.75 Å².